The zero-order chi connectivity index (χ0) is 21.7. The monoisotopic (exact) mass is 412 g/mol. The van der Waals surface area contributed by atoms with Crippen LogP contribution in [0.25, 0.3) is 0 Å². The summed E-state index contributed by atoms with van der Waals surface area (Å²) in [7, 11) is 0. The Kier molecular flexibility index (Phi) is 6.35. The first-order chi connectivity index (χ1) is 14.4. The van der Waals surface area contributed by atoms with Gasteiger partial charge in [-0.2, -0.15) is 5.26 Å². The molecule has 0 aromatic heterocycles. The van der Waals surface area contributed by atoms with Gasteiger partial charge in [0.15, 0.2) is 6.61 Å². The van der Waals surface area contributed by atoms with Crippen LogP contribution in [0.15, 0.2) is 30.3 Å². The number of imide groups is 1. The van der Waals surface area contributed by atoms with Gasteiger partial charge in [-0.25, -0.2) is 4.79 Å². The normalized spacial score (nSPS) is 23.1. The van der Waals surface area contributed by atoms with Crippen molar-refractivity contribution in [1.82, 2.24) is 10.2 Å². The average Bonchev–Trinajstić information content (AvgIpc) is 2.98. The third-order valence-corrected chi connectivity index (χ3v) is 5.74. The van der Waals surface area contributed by atoms with Gasteiger partial charge in [-0.3, -0.25) is 24.2 Å². The number of benzene rings is 1. The molecule has 1 aromatic carbocycles. The van der Waals surface area contributed by atoms with Gasteiger partial charge in [-0.05, 0) is 30.9 Å². The molecular weight excluding hydrogens is 388 g/mol. The van der Waals surface area contributed by atoms with E-state index >= 15 is 0 Å². The SMILES string of the molecule is C[C@@H]1CCCC[C@@]12NC(=O)N(CC(=O)OCC(=O)N(CC#N)c1ccccc1)C2=O. The molecule has 0 unspecified atom stereocenters. The number of ether oxygens (including phenoxy) is 1. The molecule has 0 bridgehead atoms. The van der Waals surface area contributed by atoms with Gasteiger partial charge in [0.2, 0.25) is 0 Å². The molecule has 9 nitrogen and oxygen atoms in total. The molecule has 9 heteroatoms. The van der Waals surface area contributed by atoms with Gasteiger partial charge in [-0.15, -0.1) is 0 Å². The zero-order valence-electron chi connectivity index (χ0n) is 16.8. The molecule has 1 spiro atoms. The van der Waals surface area contributed by atoms with E-state index in [0.717, 1.165) is 24.2 Å². The minimum Gasteiger partial charge on any atom is -0.454 e. The van der Waals surface area contributed by atoms with Crippen molar-refractivity contribution in [3.8, 4) is 6.07 Å². The minimum absolute atomic E-state index is 0.0179. The standard InChI is InChI=1S/C21H24N4O5/c1-15-7-5-6-10-21(15)19(28)25(20(29)23-21)13-18(27)30-14-17(26)24(12-11-22)16-8-3-2-4-9-16/h2-4,8-9,15H,5-7,10,12-14H2,1H3,(H,23,29)/t15-,21-/m1/s1. The fraction of sp³-hybridized carbons (Fsp3) is 0.476. The molecule has 1 saturated heterocycles. The zero-order valence-corrected chi connectivity index (χ0v) is 16.8. The predicted octanol–water partition coefficient (Wildman–Crippen LogP) is 1.59. The van der Waals surface area contributed by atoms with Crippen LogP contribution in [-0.4, -0.2) is 54.0 Å². The Labute approximate surface area is 174 Å². The lowest BCUT2D eigenvalue weighted by molar-refractivity contribution is -0.151. The number of anilines is 1. The molecule has 2 atom stereocenters. The molecule has 1 aromatic rings. The number of amides is 4. The first-order valence-electron chi connectivity index (χ1n) is 9.91. The number of para-hydroxylation sites is 1. The fourth-order valence-electron chi connectivity index (χ4n) is 4.04. The summed E-state index contributed by atoms with van der Waals surface area (Å²) in [6, 6.07) is 9.82. The van der Waals surface area contributed by atoms with Crippen molar-refractivity contribution in [2.45, 2.75) is 38.1 Å². The maximum Gasteiger partial charge on any atom is 0.326 e. The Bertz CT molecular complexity index is 881. The van der Waals surface area contributed by atoms with Crippen molar-refractivity contribution in [1.29, 1.82) is 5.26 Å². The van der Waals surface area contributed by atoms with Gasteiger partial charge in [0.25, 0.3) is 11.8 Å². The average molecular weight is 412 g/mol. The number of hydrogen-bond donors (Lipinski definition) is 1. The first kappa shape index (κ1) is 21.3. The van der Waals surface area contributed by atoms with Gasteiger partial charge in [0, 0.05) is 5.69 Å². The third-order valence-electron chi connectivity index (χ3n) is 5.74. The van der Waals surface area contributed by atoms with Crippen LogP contribution in [0, 0.1) is 17.2 Å². The summed E-state index contributed by atoms with van der Waals surface area (Å²) in [6.45, 7) is 0.565. The summed E-state index contributed by atoms with van der Waals surface area (Å²) in [5, 5.41) is 11.7. The quantitative estimate of drug-likeness (QED) is 0.430. The van der Waals surface area contributed by atoms with Gasteiger partial charge >= 0.3 is 12.0 Å². The van der Waals surface area contributed by atoms with Crippen molar-refractivity contribution in [2.75, 3.05) is 24.6 Å². The second-order valence-corrected chi connectivity index (χ2v) is 7.57. The number of nitrogens with zero attached hydrogens (tertiary/aromatic N) is 3. The molecule has 2 aliphatic rings. The Balaban J connectivity index is 1.59. The van der Waals surface area contributed by atoms with Crippen molar-refractivity contribution >= 4 is 29.5 Å². The molecular formula is C21H24N4O5. The van der Waals surface area contributed by atoms with Crippen LogP contribution in [0.4, 0.5) is 10.5 Å². The van der Waals surface area contributed by atoms with Crippen LogP contribution < -0.4 is 10.2 Å². The third kappa shape index (κ3) is 4.13. The summed E-state index contributed by atoms with van der Waals surface area (Å²) in [4.78, 5) is 51.9. The Morgan fingerprint density at radius 2 is 2.03 bits per heavy atom. The summed E-state index contributed by atoms with van der Waals surface area (Å²) in [6.07, 6.45) is 3.20. The Hall–Kier alpha value is -3.41. The van der Waals surface area contributed by atoms with Gasteiger partial charge in [0.05, 0.1) is 6.07 Å². The molecule has 158 valence electrons. The Morgan fingerprint density at radius 3 is 2.70 bits per heavy atom. The number of rotatable bonds is 6. The van der Waals surface area contributed by atoms with E-state index in [1.54, 1.807) is 30.3 Å². The van der Waals surface area contributed by atoms with Crippen molar-refractivity contribution in [3.63, 3.8) is 0 Å². The number of nitriles is 1. The van der Waals surface area contributed by atoms with E-state index in [-0.39, 0.29) is 12.5 Å². The van der Waals surface area contributed by atoms with E-state index in [1.807, 2.05) is 13.0 Å². The van der Waals surface area contributed by atoms with Gasteiger partial charge in [0.1, 0.15) is 18.6 Å². The largest absolute Gasteiger partial charge is 0.454 e. The number of hydrogen-bond acceptors (Lipinski definition) is 6. The number of urea groups is 1. The maximum atomic E-state index is 12.9. The number of nitrogens with one attached hydrogen (secondary N) is 1. The van der Waals surface area contributed by atoms with Gasteiger partial charge in [-0.1, -0.05) is 38.0 Å². The van der Waals surface area contributed by atoms with E-state index in [2.05, 4.69) is 5.32 Å². The topological polar surface area (TPSA) is 120 Å². The predicted molar refractivity (Wildman–Crippen MR) is 106 cm³/mol. The second-order valence-electron chi connectivity index (χ2n) is 7.57. The highest BCUT2D eigenvalue weighted by molar-refractivity contribution is 6.09. The van der Waals surface area contributed by atoms with E-state index < -0.39 is 42.5 Å². The molecule has 1 aliphatic heterocycles. The van der Waals surface area contributed by atoms with Crippen LogP contribution >= 0.6 is 0 Å². The van der Waals surface area contributed by atoms with E-state index in [1.165, 1.54) is 4.90 Å². The summed E-state index contributed by atoms with van der Waals surface area (Å²) >= 11 is 0. The van der Waals surface area contributed by atoms with Crippen LogP contribution in [0.1, 0.15) is 32.6 Å². The number of carbonyl (C=O) groups excluding carboxylic acids is 4. The van der Waals surface area contributed by atoms with Crippen molar-refractivity contribution in [2.24, 2.45) is 5.92 Å². The molecule has 1 N–H and O–H groups in total. The maximum absolute atomic E-state index is 12.9. The lowest BCUT2D eigenvalue weighted by atomic mass is 9.73. The molecule has 0 radical (unpaired) electrons. The molecule has 3 rings (SSSR count). The van der Waals surface area contributed by atoms with E-state index in [4.69, 9.17) is 10.00 Å². The van der Waals surface area contributed by atoms with Gasteiger partial charge < -0.3 is 10.1 Å². The summed E-state index contributed by atoms with van der Waals surface area (Å²) in [5.74, 6) is -1.88. The van der Waals surface area contributed by atoms with Crippen LogP contribution in [-0.2, 0) is 19.1 Å². The smallest absolute Gasteiger partial charge is 0.326 e. The van der Waals surface area contributed by atoms with Crippen LogP contribution in [0.2, 0.25) is 0 Å². The number of esters is 1. The fourth-order valence-corrected chi connectivity index (χ4v) is 4.04. The molecule has 1 heterocycles. The number of carbonyl (C=O) groups is 4. The van der Waals surface area contributed by atoms with E-state index in [9.17, 15) is 19.2 Å². The van der Waals surface area contributed by atoms with Crippen molar-refractivity contribution in [3.05, 3.63) is 30.3 Å². The van der Waals surface area contributed by atoms with Crippen LogP contribution in [0.5, 0.6) is 0 Å². The lowest BCUT2D eigenvalue weighted by Crippen LogP contribution is -2.54. The molecule has 1 saturated carbocycles. The molecule has 1 aliphatic carbocycles. The molecule has 4 amide bonds. The highest BCUT2D eigenvalue weighted by Crippen LogP contribution is 2.38. The van der Waals surface area contributed by atoms with Crippen molar-refractivity contribution < 1.29 is 23.9 Å². The summed E-state index contributed by atoms with van der Waals surface area (Å²) < 4.78 is 5.00. The lowest BCUT2D eigenvalue weighted by Gasteiger charge is -2.36. The first-order valence-corrected chi connectivity index (χ1v) is 9.91. The highest BCUT2D eigenvalue weighted by Gasteiger charge is 2.55. The van der Waals surface area contributed by atoms with E-state index in [0.29, 0.717) is 12.1 Å². The molecule has 2 fully saturated rings. The second kappa shape index (κ2) is 8.95. The van der Waals surface area contributed by atoms with Crippen LogP contribution in [0.3, 0.4) is 0 Å². The highest BCUT2D eigenvalue weighted by atomic mass is 16.5. The summed E-state index contributed by atoms with van der Waals surface area (Å²) in [5.41, 5.74) is -0.454. The molecule has 30 heavy (non-hydrogen) atoms. The minimum atomic E-state index is -0.956. The Morgan fingerprint density at radius 1 is 1.30 bits per heavy atom.